The first-order valence-electron chi connectivity index (χ1n) is 6.93. The third-order valence-electron chi connectivity index (χ3n) is 3.32. The van der Waals surface area contributed by atoms with Crippen LogP contribution in [0.4, 0.5) is 17.1 Å². The van der Waals surface area contributed by atoms with E-state index in [-0.39, 0.29) is 5.97 Å². The molecule has 0 aliphatic heterocycles. The molecule has 0 unspecified atom stereocenters. The van der Waals surface area contributed by atoms with E-state index < -0.39 is 0 Å². The molecule has 0 saturated carbocycles. The third kappa shape index (κ3) is 3.16. The lowest BCUT2D eigenvalue weighted by Crippen LogP contribution is -2.10. The Morgan fingerprint density at radius 3 is 2.33 bits per heavy atom. The Labute approximate surface area is 124 Å². The molecule has 4 heteroatoms. The zero-order valence-corrected chi connectivity index (χ0v) is 12.6. The average molecular weight is 284 g/mol. The van der Waals surface area contributed by atoms with Crippen LogP contribution in [0, 0.1) is 13.8 Å². The summed E-state index contributed by atoms with van der Waals surface area (Å²) in [4.78, 5) is 12.1. The van der Waals surface area contributed by atoms with Gasteiger partial charge in [-0.15, -0.1) is 0 Å². The molecule has 0 aliphatic carbocycles. The Morgan fingerprint density at radius 1 is 1.10 bits per heavy atom. The molecule has 0 atom stereocenters. The fourth-order valence-corrected chi connectivity index (χ4v) is 2.23. The van der Waals surface area contributed by atoms with Gasteiger partial charge in [-0.2, -0.15) is 0 Å². The number of hydrogen-bond acceptors (Lipinski definition) is 4. The quantitative estimate of drug-likeness (QED) is 0.662. The van der Waals surface area contributed by atoms with Crippen LogP contribution < -0.4 is 11.1 Å². The minimum Gasteiger partial charge on any atom is -0.462 e. The molecule has 110 valence electrons. The van der Waals surface area contributed by atoms with Gasteiger partial charge in [-0.25, -0.2) is 4.79 Å². The standard InChI is InChI=1S/C17H20N2O2/c1-4-21-17(20)13-9-6-10-14(18)16(13)19-15-11(2)7-5-8-12(15)3/h5-10,19H,4,18H2,1-3H3. The maximum Gasteiger partial charge on any atom is 0.340 e. The first-order valence-corrected chi connectivity index (χ1v) is 6.93. The van der Waals surface area contributed by atoms with Crippen molar-refractivity contribution in [2.75, 3.05) is 17.7 Å². The van der Waals surface area contributed by atoms with Crippen LogP contribution in [0.5, 0.6) is 0 Å². The normalized spacial score (nSPS) is 10.2. The number of nitrogen functional groups attached to an aromatic ring is 1. The molecule has 0 aromatic heterocycles. The molecule has 0 saturated heterocycles. The highest BCUT2D eigenvalue weighted by Gasteiger charge is 2.16. The Morgan fingerprint density at radius 2 is 1.71 bits per heavy atom. The van der Waals surface area contributed by atoms with E-state index in [4.69, 9.17) is 10.5 Å². The highest BCUT2D eigenvalue weighted by Crippen LogP contribution is 2.31. The molecule has 2 aromatic rings. The van der Waals surface area contributed by atoms with E-state index in [0.29, 0.717) is 23.5 Å². The van der Waals surface area contributed by atoms with Gasteiger partial charge < -0.3 is 15.8 Å². The number of carbonyl (C=O) groups is 1. The summed E-state index contributed by atoms with van der Waals surface area (Å²) >= 11 is 0. The number of rotatable bonds is 4. The molecule has 3 N–H and O–H groups in total. The molecule has 21 heavy (non-hydrogen) atoms. The number of benzene rings is 2. The number of hydrogen-bond donors (Lipinski definition) is 2. The van der Waals surface area contributed by atoms with Crippen LogP contribution in [0.25, 0.3) is 0 Å². The lowest BCUT2D eigenvalue weighted by molar-refractivity contribution is 0.0527. The van der Waals surface area contributed by atoms with E-state index in [2.05, 4.69) is 5.32 Å². The number of esters is 1. The molecule has 0 aliphatic rings. The van der Waals surface area contributed by atoms with Crippen molar-refractivity contribution in [3.8, 4) is 0 Å². The van der Waals surface area contributed by atoms with Gasteiger partial charge >= 0.3 is 5.97 Å². The van der Waals surface area contributed by atoms with Crippen molar-refractivity contribution in [2.24, 2.45) is 0 Å². The second-order valence-electron chi connectivity index (χ2n) is 4.88. The zero-order chi connectivity index (χ0) is 15.4. The zero-order valence-electron chi connectivity index (χ0n) is 12.6. The second-order valence-corrected chi connectivity index (χ2v) is 4.88. The maximum absolute atomic E-state index is 12.1. The largest absolute Gasteiger partial charge is 0.462 e. The highest BCUT2D eigenvalue weighted by molar-refractivity contribution is 6.00. The van der Waals surface area contributed by atoms with Crippen molar-refractivity contribution in [1.82, 2.24) is 0 Å². The van der Waals surface area contributed by atoms with Crippen LogP contribution in [0.2, 0.25) is 0 Å². The molecule has 0 fully saturated rings. The van der Waals surface area contributed by atoms with Crippen molar-refractivity contribution in [3.63, 3.8) is 0 Å². The lowest BCUT2D eigenvalue weighted by Gasteiger charge is -2.17. The van der Waals surface area contributed by atoms with Crippen LogP contribution in [0.1, 0.15) is 28.4 Å². The number of carbonyl (C=O) groups excluding carboxylic acids is 1. The molecule has 0 spiro atoms. The minimum absolute atomic E-state index is 0.330. The Balaban J connectivity index is 2.46. The summed E-state index contributed by atoms with van der Waals surface area (Å²) in [5, 5.41) is 3.29. The molecule has 4 nitrogen and oxygen atoms in total. The maximum atomic E-state index is 12.1. The van der Waals surface area contributed by atoms with E-state index in [1.54, 1.807) is 25.1 Å². The smallest absolute Gasteiger partial charge is 0.340 e. The van der Waals surface area contributed by atoms with Crippen LogP contribution >= 0.6 is 0 Å². The summed E-state index contributed by atoms with van der Waals surface area (Å²) in [5.74, 6) is -0.376. The van der Waals surface area contributed by atoms with Crippen LogP contribution in [-0.4, -0.2) is 12.6 Å². The topological polar surface area (TPSA) is 64.3 Å². The van der Waals surface area contributed by atoms with Crippen LogP contribution in [0.3, 0.4) is 0 Å². The van der Waals surface area contributed by atoms with Crippen molar-refractivity contribution in [2.45, 2.75) is 20.8 Å². The first kappa shape index (κ1) is 14.9. The third-order valence-corrected chi connectivity index (χ3v) is 3.32. The Bertz CT molecular complexity index is 646. The van der Waals surface area contributed by atoms with Crippen molar-refractivity contribution in [1.29, 1.82) is 0 Å². The summed E-state index contributed by atoms with van der Waals surface area (Å²) in [6.45, 7) is 6.14. The number of para-hydroxylation sites is 2. The van der Waals surface area contributed by atoms with Gasteiger partial charge in [0, 0.05) is 5.69 Å². The predicted molar refractivity (Wildman–Crippen MR) is 86.0 cm³/mol. The Hall–Kier alpha value is -2.49. The van der Waals surface area contributed by atoms with Crippen LogP contribution in [-0.2, 0) is 4.74 Å². The minimum atomic E-state index is -0.376. The van der Waals surface area contributed by atoms with E-state index in [1.165, 1.54) is 0 Å². The van der Waals surface area contributed by atoms with E-state index >= 15 is 0 Å². The fourth-order valence-electron chi connectivity index (χ4n) is 2.23. The average Bonchev–Trinajstić information content (AvgIpc) is 2.44. The second kappa shape index (κ2) is 6.31. The van der Waals surface area contributed by atoms with Gasteiger partial charge in [-0.05, 0) is 44.0 Å². The van der Waals surface area contributed by atoms with Crippen molar-refractivity contribution in [3.05, 3.63) is 53.1 Å². The van der Waals surface area contributed by atoms with Gasteiger partial charge in [0.2, 0.25) is 0 Å². The van der Waals surface area contributed by atoms with E-state index in [0.717, 1.165) is 16.8 Å². The number of anilines is 3. The van der Waals surface area contributed by atoms with Crippen molar-refractivity contribution >= 4 is 23.0 Å². The summed E-state index contributed by atoms with van der Waals surface area (Å²) in [7, 11) is 0. The molecule has 2 rings (SSSR count). The SMILES string of the molecule is CCOC(=O)c1cccc(N)c1Nc1c(C)cccc1C. The summed E-state index contributed by atoms with van der Waals surface area (Å²) < 4.78 is 5.09. The number of nitrogens with two attached hydrogens (primary N) is 1. The summed E-state index contributed by atoms with van der Waals surface area (Å²) in [6.07, 6.45) is 0. The molecular formula is C17H20N2O2. The monoisotopic (exact) mass is 284 g/mol. The number of aryl methyl sites for hydroxylation is 2. The van der Waals surface area contributed by atoms with Gasteiger partial charge in [-0.1, -0.05) is 24.3 Å². The molecule has 0 radical (unpaired) electrons. The molecule has 0 heterocycles. The number of nitrogens with one attached hydrogen (secondary N) is 1. The van der Waals surface area contributed by atoms with Gasteiger partial charge in [0.1, 0.15) is 0 Å². The predicted octanol–water partition coefficient (Wildman–Crippen LogP) is 3.81. The fraction of sp³-hybridized carbons (Fsp3) is 0.235. The van der Waals surface area contributed by atoms with Gasteiger partial charge in [0.05, 0.1) is 23.5 Å². The highest BCUT2D eigenvalue weighted by atomic mass is 16.5. The molecule has 0 amide bonds. The Kier molecular flexibility index (Phi) is 4.48. The van der Waals surface area contributed by atoms with Crippen LogP contribution in [0.15, 0.2) is 36.4 Å². The van der Waals surface area contributed by atoms with E-state index in [1.807, 2.05) is 32.0 Å². The van der Waals surface area contributed by atoms with Gasteiger partial charge in [-0.3, -0.25) is 0 Å². The molecular weight excluding hydrogens is 264 g/mol. The molecule has 2 aromatic carbocycles. The van der Waals surface area contributed by atoms with Crippen molar-refractivity contribution < 1.29 is 9.53 Å². The van der Waals surface area contributed by atoms with E-state index in [9.17, 15) is 4.79 Å². The lowest BCUT2D eigenvalue weighted by atomic mass is 10.1. The first-order chi connectivity index (χ1) is 10.0. The van der Waals surface area contributed by atoms with Gasteiger partial charge in [0.25, 0.3) is 0 Å². The summed E-state index contributed by atoms with van der Waals surface area (Å²) in [5.41, 5.74) is 10.7. The van der Waals surface area contributed by atoms with Gasteiger partial charge in [0.15, 0.2) is 0 Å². The summed E-state index contributed by atoms with van der Waals surface area (Å²) in [6, 6.07) is 11.2. The molecule has 0 bridgehead atoms. The number of ether oxygens (including phenoxy) is 1.